The number of hydrogen-bond donors (Lipinski definition) is 1. The van der Waals surface area contributed by atoms with Crippen molar-refractivity contribution in [3.63, 3.8) is 0 Å². The van der Waals surface area contributed by atoms with Crippen molar-refractivity contribution in [1.82, 2.24) is 5.32 Å². The van der Waals surface area contributed by atoms with Gasteiger partial charge < -0.3 is 10.1 Å². The van der Waals surface area contributed by atoms with E-state index in [9.17, 15) is 13.2 Å². The lowest BCUT2D eigenvalue weighted by molar-refractivity contribution is -0.174. The molecule has 0 aromatic carbocycles. The first-order valence-electron chi connectivity index (χ1n) is 7.41. The zero-order chi connectivity index (χ0) is 14.1. The summed E-state index contributed by atoms with van der Waals surface area (Å²) in [5.41, 5.74) is 0. The normalized spacial score (nSPS) is 20.2. The Labute approximate surface area is 114 Å². The average molecular weight is 281 g/mol. The standard InChI is InChI=1S/C14H26F3NO/c1-2-18-13(9-10-19-11-14(15,16)17)12-7-5-3-4-6-8-12/h12-13,18H,2-11H2,1H3. The highest BCUT2D eigenvalue weighted by atomic mass is 19.4. The zero-order valence-electron chi connectivity index (χ0n) is 11.8. The van der Waals surface area contributed by atoms with Crippen LogP contribution >= 0.6 is 0 Å². The fraction of sp³-hybridized carbons (Fsp3) is 1.00. The van der Waals surface area contributed by atoms with Crippen LogP contribution in [-0.2, 0) is 4.74 Å². The Kier molecular flexibility index (Phi) is 7.76. The van der Waals surface area contributed by atoms with Crippen LogP contribution in [0.5, 0.6) is 0 Å². The summed E-state index contributed by atoms with van der Waals surface area (Å²) < 4.78 is 40.7. The third-order valence-corrected chi connectivity index (χ3v) is 3.77. The monoisotopic (exact) mass is 281 g/mol. The first-order chi connectivity index (χ1) is 9.03. The fourth-order valence-electron chi connectivity index (χ4n) is 2.88. The topological polar surface area (TPSA) is 21.3 Å². The molecule has 1 saturated carbocycles. The number of alkyl halides is 3. The van der Waals surface area contributed by atoms with E-state index in [4.69, 9.17) is 4.74 Å². The van der Waals surface area contributed by atoms with Crippen LogP contribution in [0.15, 0.2) is 0 Å². The van der Waals surface area contributed by atoms with Crippen LogP contribution in [0.3, 0.4) is 0 Å². The van der Waals surface area contributed by atoms with Crippen LogP contribution in [0, 0.1) is 5.92 Å². The van der Waals surface area contributed by atoms with Gasteiger partial charge in [-0.2, -0.15) is 13.2 Å². The molecule has 0 saturated heterocycles. The first-order valence-corrected chi connectivity index (χ1v) is 7.41. The molecule has 1 fully saturated rings. The van der Waals surface area contributed by atoms with Gasteiger partial charge in [0, 0.05) is 12.6 Å². The molecule has 5 heteroatoms. The van der Waals surface area contributed by atoms with Crippen LogP contribution in [-0.4, -0.2) is 32.0 Å². The largest absolute Gasteiger partial charge is 0.411 e. The lowest BCUT2D eigenvalue weighted by atomic mass is 9.90. The van der Waals surface area contributed by atoms with Gasteiger partial charge in [-0.1, -0.05) is 32.6 Å². The van der Waals surface area contributed by atoms with Crippen molar-refractivity contribution >= 4 is 0 Å². The maximum Gasteiger partial charge on any atom is 0.411 e. The van der Waals surface area contributed by atoms with Gasteiger partial charge in [0.25, 0.3) is 0 Å². The van der Waals surface area contributed by atoms with Crippen molar-refractivity contribution in [2.24, 2.45) is 5.92 Å². The van der Waals surface area contributed by atoms with Gasteiger partial charge in [-0.3, -0.25) is 0 Å². The van der Waals surface area contributed by atoms with Crippen LogP contribution < -0.4 is 5.32 Å². The molecule has 114 valence electrons. The van der Waals surface area contributed by atoms with Crippen molar-refractivity contribution in [1.29, 1.82) is 0 Å². The lowest BCUT2D eigenvalue weighted by Crippen LogP contribution is -2.37. The molecule has 0 amide bonds. The summed E-state index contributed by atoms with van der Waals surface area (Å²) in [6, 6.07) is 0.302. The third kappa shape index (κ3) is 7.78. The Morgan fingerprint density at radius 1 is 1.16 bits per heavy atom. The molecule has 1 rings (SSSR count). The Bertz CT molecular complexity index is 225. The van der Waals surface area contributed by atoms with E-state index in [1.54, 1.807) is 0 Å². The van der Waals surface area contributed by atoms with E-state index in [0.29, 0.717) is 18.4 Å². The molecule has 0 heterocycles. The summed E-state index contributed by atoms with van der Waals surface area (Å²) in [7, 11) is 0. The van der Waals surface area contributed by atoms with Gasteiger partial charge >= 0.3 is 6.18 Å². The molecular formula is C14H26F3NO. The predicted molar refractivity (Wildman–Crippen MR) is 70.1 cm³/mol. The molecular weight excluding hydrogens is 255 g/mol. The van der Waals surface area contributed by atoms with Crippen molar-refractivity contribution in [3.05, 3.63) is 0 Å². The third-order valence-electron chi connectivity index (χ3n) is 3.77. The summed E-state index contributed by atoms with van der Waals surface area (Å²) in [6.07, 6.45) is 3.92. The minimum atomic E-state index is -4.21. The molecule has 0 bridgehead atoms. The van der Waals surface area contributed by atoms with E-state index in [1.807, 2.05) is 6.92 Å². The summed E-state index contributed by atoms with van der Waals surface area (Å²) in [5.74, 6) is 0.594. The Morgan fingerprint density at radius 3 is 2.32 bits per heavy atom. The number of halogens is 3. The second kappa shape index (κ2) is 8.80. The molecule has 1 atom stereocenters. The summed E-state index contributed by atoms with van der Waals surface area (Å²) in [4.78, 5) is 0. The molecule has 0 spiro atoms. The van der Waals surface area contributed by atoms with Crippen molar-refractivity contribution in [2.45, 2.75) is 64.1 Å². The predicted octanol–water partition coefficient (Wildman–Crippen LogP) is 3.90. The molecule has 19 heavy (non-hydrogen) atoms. The maximum atomic E-state index is 12.0. The molecule has 0 aromatic heterocycles. The van der Waals surface area contributed by atoms with E-state index < -0.39 is 12.8 Å². The van der Waals surface area contributed by atoms with Gasteiger partial charge in [0.05, 0.1) is 0 Å². The summed E-state index contributed by atoms with van der Waals surface area (Å²) in [6.45, 7) is 1.96. The first kappa shape index (κ1) is 16.8. The van der Waals surface area contributed by atoms with Gasteiger partial charge in [0.1, 0.15) is 6.61 Å². The van der Waals surface area contributed by atoms with E-state index in [-0.39, 0.29) is 6.61 Å². The summed E-state index contributed by atoms with van der Waals surface area (Å²) in [5, 5.41) is 3.42. The molecule has 0 aliphatic heterocycles. The number of hydrogen-bond acceptors (Lipinski definition) is 2. The molecule has 1 aliphatic carbocycles. The SMILES string of the molecule is CCNC(CCOCC(F)(F)F)C1CCCCCC1. The Hall–Kier alpha value is -0.290. The highest BCUT2D eigenvalue weighted by molar-refractivity contribution is 4.78. The minimum absolute atomic E-state index is 0.188. The second-order valence-electron chi connectivity index (χ2n) is 5.37. The second-order valence-corrected chi connectivity index (χ2v) is 5.37. The van der Waals surface area contributed by atoms with Gasteiger partial charge in [0.2, 0.25) is 0 Å². The lowest BCUT2D eigenvalue weighted by Gasteiger charge is -2.27. The van der Waals surface area contributed by atoms with Crippen molar-refractivity contribution < 1.29 is 17.9 Å². The quantitative estimate of drug-likeness (QED) is 0.564. The van der Waals surface area contributed by atoms with E-state index in [0.717, 1.165) is 6.54 Å². The summed E-state index contributed by atoms with van der Waals surface area (Å²) >= 11 is 0. The van der Waals surface area contributed by atoms with Gasteiger partial charge in [-0.25, -0.2) is 0 Å². The van der Waals surface area contributed by atoms with Crippen LogP contribution in [0.2, 0.25) is 0 Å². The van der Waals surface area contributed by atoms with E-state index in [1.165, 1.54) is 38.5 Å². The number of ether oxygens (including phenoxy) is 1. The van der Waals surface area contributed by atoms with Crippen LogP contribution in [0.25, 0.3) is 0 Å². The van der Waals surface area contributed by atoms with Crippen molar-refractivity contribution in [3.8, 4) is 0 Å². The molecule has 0 aromatic rings. The smallest absolute Gasteiger partial charge is 0.372 e. The number of rotatable bonds is 7. The Morgan fingerprint density at radius 2 is 1.79 bits per heavy atom. The fourth-order valence-corrected chi connectivity index (χ4v) is 2.88. The minimum Gasteiger partial charge on any atom is -0.372 e. The van der Waals surface area contributed by atoms with Crippen molar-refractivity contribution in [2.75, 3.05) is 19.8 Å². The van der Waals surface area contributed by atoms with Crippen LogP contribution in [0.1, 0.15) is 51.9 Å². The van der Waals surface area contributed by atoms with E-state index >= 15 is 0 Å². The zero-order valence-corrected chi connectivity index (χ0v) is 11.8. The molecule has 1 aliphatic rings. The van der Waals surface area contributed by atoms with E-state index in [2.05, 4.69) is 5.32 Å². The van der Waals surface area contributed by atoms with Gasteiger partial charge in [-0.05, 0) is 31.7 Å². The highest BCUT2D eigenvalue weighted by Gasteiger charge is 2.28. The molecule has 0 radical (unpaired) electrons. The van der Waals surface area contributed by atoms with Crippen LogP contribution in [0.4, 0.5) is 13.2 Å². The molecule has 2 nitrogen and oxygen atoms in total. The maximum absolute atomic E-state index is 12.0. The number of nitrogens with one attached hydrogen (secondary N) is 1. The average Bonchev–Trinajstić information content (AvgIpc) is 2.60. The van der Waals surface area contributed by atoms with Gasteiger partial charge in [0.15, 0.2) is 0 Å². The molecule has 1 N–H and O–H groups in total. The highest BCUT2D eigenvalue weighted by Crippen LogP contribution is 2.27. The van der Waals surface area contributed by atoms with Gasteiger partial charge in [-0.15, -0.1) is 0 Å². The molecule has 1 unspecified atom stereocenters. The Balaban J connectivity index is 2.30.